The molecule has 3 rings (SSSR count). The van der Waals surface area contributed by atoms with E-state index < -0.39 is 0 Å². The minimum absolute atomic E-state index is 0.280. The fraction of sp³-hybridized carbons (Fsp3) is 0.294. The van der Waals surface area contributed by atoms with Crippen LogP contribution < -0.4 is 10.1 Å². The van der Waals surface area contributed by atoms with Crippen molar-refractivity contribution in [1.29, 1.82) is 0 Å². The fourth-order valence-corrected chi connectivity index (χ4v) is 2.10. The smallest absolute Gasteiger partial charge is 0.127 e. The van der Waals surface area contributed by atoms with Crippen LogP contribution in [0.3, 0.4) is 0 Å². The molecule has 1 aliphatic rings. The van der Waals surface area contributed by atoms with Crippen molar-refractivity contribution >= 4 is 0 Å². The number of rotatable bonds is 6. The second kappa shape index (κ2) is 6.22. The van der Waals surface area contributed by atoms with E-state index >= 15 is 0 Å². The van der Waals surface area contributed by atoms with Crippen molar-refractivity contribution in [3.8, 4) is 5.75 Å². The summed E-state index contributed by atoms with van der Waals surface area (Å²) in [5.41, 5.74) is 1.72. The van der Waals surface area contributed by atoms with Crippen LogP contribution in [-0.4, -0.2) is 6.04 Å². The zero-order chi connectivity index (χ0) is 14.7. The summed E-state index contributed by atoms with van der Waals surface area (Å²) in [6.45, 7) is 0.939. The summed E-state index contributed by atoms with van der Waals surface area (Å²) in [5.74, 6) is -0.0935. The first-order valence-corrected chi connectivity index (χ1v) is 7.09. The molecule has 2 nitrogen and oxygen atoms in total. The largest absolute Gasteiger partial charge is 0.489 e. The highest BCUT2D eigenvalue weighted by molar-refractivity contribution is 5.30. The molecule has 0 unspecified atom stereocenters. The van der Waals surface area contributed by atoms with Crippen LogP contribution in [0.15, 0.2) is 42.5 Å². The van der Waals surface area contributed by atoms with Crippen LogP contribution in [0.4, 0.5) is 8.78 Å². The van der Waals surface area contributed by atoms with Gasteiger partial charge in [-0.3, -0.25) is 0 Å². The summed E-state index contributed by atoms with van der Waals surface area (Å²) < 4.78 is 32.0. The monoisotopic (exact) mass is 289 g/mol. The molecule has 2 aromatic rings. The van der Waals surface area contributed by atoms with Gasteiger partial charge in [-0.25, -0.2) is 8.78 Å². The van der Waals surface area contributed by atoms with Gasteiger partial charge in [-0.15, -0.1) is 0 Å². The Morgan fingerprint density at radius 1 is 0.952 bits per heavy atom. The molecule has 1 N–H and O–H groups in total. The Morgan fingerprint density at radius 2 is 1.71 bits per heavy atom. The number of hydrogen-bond donors (Lipinski definition) is 1. The van der Waals surface area contributed by atoms with Crippen molar-refractivity contribution in [2.45, 2.75) is 32.0 Å². The van der Waals surface area contributed by atoms with E-state index in [-0.39, 0.29) is 11.6 Å². The Kier molecular flexibility index (Phi) is 4.15. The zero-order valence-electron chi connectivity index (χ0n) is 11.6. The number of nitrogens with one attached hydrogen (secondary N) is 1. The average Bonchev–Trinajstić information content (AvgIpc) is 3.28. The minimum Gasteiger partial charge on any atom is -0.489 e. The molecule has 1 fully saturated rings. The van der Waals surface area contributed by atoms with Crippen molar-refractivity contribution in [2.24, 2.45) is 0 Å². The van der Waals surface area contributed by atoms with Gasteiger partial charge in [0.1, 0.15) is 24.0 Å². The van der Waals surface area contributed by atoms with Crippen molar-refractivity contribution in [2.75, 3.05) is 0 Å². The van der Waals surface area contributed by atoms with E-state index in [2.05, 4.69) is 5.32 Å². The van der Waals surface area contributed by atoms with Crippen LogP contribution in [0.25, 0.3) is 0 Å². The van der Waals surface area contributed by atoms with E-state index in [1.807, 2.05) is 6.07 Å². The molecule has 0 spiro atoms. The molecule has 0 heterocycles. The van der Waals surface area contributed by atoms with Gasteiger partial charge < -0.3 is 10.1 Å². The van der Waals surface area contributed by atoms with Crippen molar-refractivity contribution in [1.82, 2.24) is 5.32 Å². The number of halogens is 2. The molecule has 0 saturated heterocycles. The first-order chi connectivity index (χ1) is 10.2. The molecule has 21 heavy (non-hydrogen) atoms. The lowest BCUT2D eigenvalue weighted by molar-refractivity contribution is 0.304. The van der Waals surface area contributed by atoms with Gasteiger partial charge in [0.25, 0.3) is 0 Å². The maximum Gasteiger partial charge on any atom is 0.127 e. The SMILES string of the molecule is Fc1ccc(COc2cc(F)cc(CNC3CC3)c2)cc1. The molecular weight excluding hydrogens is 272 g/mol. The van der Waals surface area contributed by atoms with E-state index in [0.29, 0.717) is 24.9 Å². The average molecular weight is 289 g/mol. The van der Waals surface area contributed by atoms with E-state index in [4.69, 9.17) is 4.74 Å². The van der Waals surface area contributed by atoms with Crippen LogP contribution >= 0.6 is 0 Å². The van der Waals surface area contributed by atoms with E-state index in [1.54, 1.807) is 12.1 Å². The molecule has 2 aromatic carbocycles. The highest BCUT2D eigenvalue weighted by Crippen LogP contribution is 2.21. The molecule has 4 heteroatoms. The minimum atomic E-state index is -0.306. The third-order valence-electron chi connectivity index (χ3n) is 3.42. The van der Waals surface area contributed by atoms with Gasteiger partial charge in [-0.05, 0) is 48.2 Å². The van der Waals surface area contributed by atoms with E-state index in [0.717, 1.165) is 11.1 Å². The molecule has 0 aromatic heterocycles. The standard InChI is InChI=1S/C17H17F2NO/c18-14-3-1-12(2-4-14)11-21-17-8-13(7-15(19)9-17)10-20-16-5-6-16/h1-4,7-9,16,20H,5-6,10-11H2. The van der Waals surface area contributed by atoms with Gasteiger partial charge in [0.05, 0.1) is 0 Å². The second-order valence-electron chi connectivity index (χ2n) is 5.37. The second-order valence-corrected chi connectivity index (χ2v) is 5.37. The quantitative estimate of drug-likeness (QED) is 0.873. The van der Waals surface area contributed by atoms with Crippen molar-refractivity contribution < 1.29 is 13.5 Å². The summed E-state index contributed by atoms with van der Waals surface area (Å²) in [6.07, 6.45) is 2.40. The summed E-state index contributed by atoms with van der Waals surface area (Å²) in [6, 6.07) is 11.4. The van der Waals surface area contributed by atoms with Crippen LogP contribution in [0.2, 0.25) is 0 Å². The highest BCUT2D eigenvalue weighted by Gasteiger charge is 2.20. The van der Waals surface area contributed by atoms with Gasteiger partial charge in [-0.2, -0.15) is 0 Å². The molecule has 0 radical (unpaired) electrons. The third-order valence-corrected chi connectivity index (χ3v) is 3.42. The molecule has 1 saturated carbocycles. The number of ether oxygens (including phenoxy) is 1. The van der Waals surface area contributed by atoms with Gasteiger partial charge in [0.15, 0.2) is 0 Å². The lowest BCUT2D eigenvalue weighted by atomic mass is 10.2. The summed E-state index contributed by atoms with van der Waals surface area (Å²) in [7, 11) is 0. The Labute approximate surface area is 122 Å². The van der Waals surface area contributed by atoms with Crippen molar-refractivity contribution in [3.05, 3.63) is 65.2 Å². The summed E-state index contributed by atoms with van der Waals surface area (Å²) >= 11 is 0. The van der Waals surface area contributed by atoms with Gasteiger partial charge in [-0.1, -0.05) is 12.1 Å². The van der Waals surface area contributed by atoms with Gasteiger partial charge in [0, 0.05) is 18.7 Å². The van der Waals surface area contributed by atoms with Crippen LogP contribution in [-0.2, 0) is 13.2 Å². The van der Waals surface area contributed by atoms with Gasteiger partial charge >= 0.3 is 0 Å². The van der Waals surface area contributed by atoms with Crippen molar-refractivity contribution in [3.63, 3.8) is 0 Å². The molecule has 0 aliphatic heterocycles. The van der Waals surface area contributed by atoms with Gasteiger partial charge in [0.2, 0.25) is 0 Å². The molecule has 0 bridgehead atoms. The lowest BCUT2D eigenvalue weighted by Crippen LogP contribution is -2.15. The molecule has 0 atom stereocenters. The third kappa shape index (κ3) is 4.26. The Morgan fingerprint density at radius 3 is 2.43 bits per heavy atom. The zero-order valence-corrected chi connectivity index (χ0v) is 11.6. The summed E-state index contributed by atoms with van der Waals surface area (Å²) in [5, 5.41) is 3.34. The van der Waals surface area contributed by atoms with Crippen LogP contribution in [0, 0.1) is 11.6 Å². The molecule has 1 aliphatic carbocycles. The number of hydrogen-bond acceptors (Lipinski definition) is 2. The highest BCUT2D eigenvalue weighted by atomic mass is 19.1. The molecular formula is C17H17F2NO. The normalized spacial score (nSPS) is 14.2. The van der Waals surface area contributed by atoms with Crippen LogP contribution in [0.5, 0.6) is 5.75 Å². The Hall–Kier alpha value is -1.94. The molecule has 0 amide bonds. The first kappa shape index (κ1) is 14.0. The predicted octanol–water partition coefficient (Wildman–Crippen LogP) is 3.80. The lowest BCUT2D eigenvalue weighted by Gasteiger charge is -2.09. The topological polar surface area (TPSA) is 21.3 Å². The maximum atomic E-state index is 13.6. The van der Waals surface area contributed by atoms with E-state index in [1.165, 1.54) is 37.1 Å². The Balaban J connectivity index is 1.62. The fourth-order valence-electron chi connectivity index (χ4n) is 2.10. The van der Waals surface area contributed by atoms with Crippen LogP contribution in [0.1, 0.15) is 24.0 Å². The number of benzene rings is 2. The first-order valence-electron chi connectivity index (χ1n) is 7.09. The predicted molar refractivity (Wildman–Crippen MR) is 77.0 cm³/mol. The Bertz CT molecular complexity index is 609. The maximum absolute atomic E-state index is 13.6. The molecule has 110 valence electrons. The van der Waals surface area contributed by atoms with E-state index in [9.17, 15) is 8.78 Å². The summed E-state index contributed by atoms with van der Waals surface area (Å²) in [4.78, 5) is 0.